The van der Waals surface area contributed by atoms with Crippen LogP contribution in [0.15, 0.2) is 18.2 Å². The number of ether oxygens (including phenoxy) is 2. The molecule has 0 amide bonds. The van der Waals surface area contributed by atoms with Crippen LogP contribution in [0.4, 0.5) is 4.39 Å². The van der Waals surface area contributed by atoms with Crippen molar-refractivity contribution in [1.29, 1.82) is 0 Å². The molecule has 1 saturated heterocycles. The van der Waals surface area contributed by atoms with Gasteiger partial charge in [0.05, 0.1) is 13.2 Å². The van der Waals surface area contributed by atoms with Gasteiger partial charge in [-0.25, -0.2) is 4.39 Å². The molecule has 0 saturated carbocycles. The molecule has 1 fully saturated rings. The molecule has 2 unspecified atom stereocenters. The second-order valence-corrected chi connectivity index (χ2v) is 5.26. The lowest BCUT2D eigenvalue weighted by molar-refractivity contribution is 0.101. The van der Waals surface area contributed by atoms with Crippen molar-refractivity contribution >= 4 is 0 Å². The second-order valence-electron chi connectivity index (χ2n) is 5.26. The maximum absolute atomic E-state index is 14.1. The molecule has 4 heteroatoms. The van der Waals surface area contributed by atoms with E-state index < -0.39 is 0 Å². The third-order valence-corrected chi connectivity index (χ3v) is 3.97. The predicted octanol–water partition coefficient (Wildman–Crippen LogP) is 3.44. The maximum Gasteiger partial charge on any atom is 0.131 e. The summed E-state index contributed by atoms with van der Waals surface area (Å²) in [7, 11) is 3.44. The van der Waals surface area contributed by atoms with Crippen molar-refractivity contribution < 1.29 is 13.9 Å². The molecule has 112 valence electrons. The Kier molecular flexibility index (Phi) is 5.80. The third kappa shape index (κ3) is 3.70. The lowest BCUT2D eigenvalue weighted by Crippen LogP contribution is -2.19. The molecule has 0 spiro atoms. The van der Waals surface area contributed by atoms with Crippen LogP contribution in [0.5, 0.6) is 5.75 Å². The Labute approximate surface area is 120 Å². The molecule has 1 aliphatic rings. The van der Waals surface area contributed by atoms with E-state index in [2.05, 4.69) is 5.32 Å². The third-order valence-electron chi connectivity index (χ3n) is 3.97. The maximum atomic E-state index is 14.1. The summed E-state index contributed by atoms with van der Waals surface area (Å²) in [6.45, 7) is 0.890. The van der Waals surface area contributed by atoms with Gasteiger partial charge in [0.25, 0.3) is 0 Å². The molecule has 0 aliphatic carbocycles. The second kappa shape index (κ2) is 7.60. The zero-order valence-electron chi connectivity index (χ0n) is 12.3. The number of nitrogens with one attached hydrogen (secondary N) is 1. The normalized spacial score (nSPS) is 20.1. The van der Waals surface area contributed by atoms with Gasteiger partial charge < -0.3 is 14.8 Å². The lowest BCUT2D eigenvalue weighted by atomic mass is 9.98. The summed E-state index contributed by atoms with van der Waals surface area (Å²) in [6.07, 6.45) is 5.68. The molecule has 3 nitrogen and oxygen atoms in total. The summed E-state index contributed by atoms with van der Waals surface area (Å²) in [5.41, 5.74) is 0.629. The van der Waals surface area contributed by atoms with E-state index in [0.29, 0.717) is 17.4 Å². The summed E-state index contributed by atoms with van der Waals surface area (Å²) in [4.78, 5) is 0. The lowest BCUT2D eigenvalue weighted by Gasteiger charge is -2.20. The molecule has 1 aromatic rings. The van der Waals surface area contributed by atoms with E-state index in [0.717, 1.165) is 32.3 Å². The molecule has 0 aromatic heterocycles. The van der Waals surface area contributed by atoms with Crippen LogP contribution in [0.1, 0.15) is 43.7 Å². The summed E-state index contributed by atoms with van der Waals surface area (Å²) < 4.78 is 25.0. The fourth-order valence-corrected chi connectivity index (χ4v) is 2.89. The minimum atomic E-state index is -0.208. The molecule has 2 rings (SSSR count). The van der Waals surface area contributed by atoms with Gasteiger partial charge in [-0.2, -0.15) is 0 Å². The first-order valence-corrected chi connectivity index (χ1v) is 7.37. The Hall–Kier alpha value is -1.13. The molecular weight excluding hydrogens is 257 g/mol. The minimum absolute atomic E-state index is 0.0208. The van der Waals surface area contributed by atoms with Crippen LogP contribution in [-0.2, 0) is 4.74 Å². The van der Waals surface area contributed by atoms with Crippen LogP contribution in [-0.4, -0.2) is 26.9 Å². The monoisotopic (exact) mass is 281 g/mol. The van der Waals surface area contributed by atoms with Gasteiger partial charge in [0.2, 0.25) is 0 Å². The molecule has 1 heterocycles. The van der Waals surface area contributed by atoms with Crippen LogP contribution in [0.25, 0.3) is 0 Å². The average Bonchev–Trinajstić information content (AvgIpc) is 2.97. The van der Waals surface area contributed by atoms with Gasteiger partial charge in [0.15, 0.2) is 0 Å². The summed E-state index contributed by atoms with van der Waals surface area (Å²) in [6, 6.07) is 4.95. The van der Waals surface area contributed by atoms with Gasteiger partial charge in [-0.15, -0.1) is 0 Å². The van der Waals surface area contributed by atoms with E-state index in [4.69, 9.17) is 9.47 Å². The number of benzene rings is 1. The highest BCUT2D eigenvalue weighted by Gasteiger charge is 2.20. The molecule has 1 N–H and O–H groups in total. The Bertz CT molecular complexity index is 419. The van der Waals surface area contributed by atoms with E-state index in [1.54, 1.807) is 13.2 Å². The largest absolute Gasteiger partial charge is 0.496 e. The quantitative estimate of drug-likeness (QED) is 0.830. The van der Waals surface area contributed by atoms with E-state index in [1.165, 1.54) is 12.5 Å². The fraction of sp³-hybridized carbons (Fsp3) is 0.625. The van der Waals surface area contributed by atoms with Crippen molar-refractivity contribution in [3.05, 3.63) is 29.6 Å². The highest BCUT2D eigenvalue weighted by atomic mass is 19.1. The molecule has 0 bridgehead atoms. The standard InChI is InChI=1S/C16H24FNO2/c1-18-14(9-3-6-12-7-5-11-20-12)16-13(17)8-4-10-15(16)19-2/h4,8,10,12,14,18H,3,5-7,9,11H2,1-2H3. The van der Waals surface area contributed by atoms with Crippen molar-refractivity contribution in [2.24, 2.45) is 0 Å². The Morgan fingerprint density at radius 1 is 1.50 bits per heavy atom. The fourth-order valence-electron chi connectivity index (χ4n) is 2.89. The van der Waals surface area contributed by atoms with Gasteiger partial charge >= 0.3 is 0 Å². The molecule has 2 atom stereocenters. The molecule has 1 aromatic carbocycles. The van der Waals surface area contributed by atoms with Gasteiger partial charge in [0.1, 0.15) is 11.6 Å². The number of methoxy groups -OCH3 is 1. The molecular formula is C16H24FNO2. The van der Waals surface area contributed by atoms with Crippen LogP contribution in [0, 0.1) is 5.82 Å². The topological polar surface area (TPSA) is 30.5 Å². The van der Waals surface area contributed by atoms with Crippen LogP contribution >= 0.6 is 0 Å². The summed E-state index contributed by atoms with van der Waals surface area (Å²) in [5, 5.41) is 3.20. The summed E-state index contributed by atoms with van der Waals surface area (Å²) >= 11 is 0. The van der Waals surface area contributed by atoms with Crippen molar-refractivity contribution in [3.63, 3.8) is 0 Å². The smallest absolute Gasteiger partial charge is 0.131 e. The zero-order chi connectivity index (χ0) is 14.4. The van der Waals surface area contributed by atoms with E-state index in [1.807, 2.05) is 13.1 Å². The van der Waals surface area contributed by atoms with Gasteiger partial charge in [-0.05, 0) is 51.3 Å². The van der Waals surface area contributed by atoms with Gasteiger partial charge in [0, 0.05) is 18.2 Å². The molecule has 1 aliphatic heterocycles. The van der Waals surface area contributed by atoms with Crippen molar-refractivity contribution in [1.82, 2.24) is 5.32 Å². The van der Waals surface area contributed by atoms with Gasteiger partial charge in [-0.1, -0.05) is 6.07 Å². The Balaban J connectivity index is 1.96. The Morgan fingerprint density at radius 3 is 3.00 bits per heavy atom. The van der Waals surface area contributed by atoms with Gasteiger partial charge in [-0.3, -0.25) is 0 Å². The number of rotatable bonds is 7. The first-order chi connectivity index (χ1) is 9.76. The van der Waals surface area contributed by atoms with E-state index in [-0.39, 0.29) is 11.9 Å². The Morgan fingerprint density at radius 2 is 2.35 bits per heavy atom. The summed E-state index contributed by atoms with van der Waals surface area (Å²) in [5.74, 6) is 0.405. The number of halogens is 1. The average molecular weight is 281 g/mol. The van der Waals surface area contributed by atoms with Crippen molar-refractivity contribution in [3.8, 4) is 5.75 Å². The highest BCUT2D eigenvalue weighted by molar-refractivity contribution is 5.37. The van der Waals surface area contributed by atoms with Crippen LogP contribution in [0.2, 0.25) is 0 Å². The number of hydrogen-bond acceptors (Lipinski definition) is 3. The van der Waals surface area contributed by atoms with E-state index >= 15 is 0 Å². The molecule has 0 radical (unpaired) electrons. The predicted molar refractivity (Wildman–Crippen MR) is 77.6 cm³/mol. The van der Waals surface area contributed by atoms with Crippen molar-refractivity contribution in [2.45, 2.75) is 44.2 Å². The van der Waals surface area contributed by atoms with Crippen LogP contribution < -0.4 is 10.1 Å². The van der Waals surface area contributed by atoms with Crippen LogP contribution in [0.3, 0.4) is 0 Å². The van der Waals surface area contributed by atoms with Crippen molar-refractivity contribution in [2.75, 3.05) is 20.8 Å². The zero-order valence-corrected chi connectivity index (χ0v) is 12.3. The minimum Gasteiger partial charge on any atom is -0.496 e. The number of hydrogen-bond donors (Lipinski definition) is 1. The molecule has 20 heavy (non-hydrogen) atoms. The highest BCUT2D eigenvalue weighted by Crippen LogP contribution is 2.31. The first kappa shape index (κ1) is 15.3. The van der Waals surface area contributed by atoms with E-state index in [9.17, 15) is 4.39 Å². The first-order valence-electron chi connectivity index (χ1n) is 7.37. The SMILES string of the molecule is CNC(CCCC1CCCO1)c1c(F)cccc1OC.